The lowest BCUT2D eigenvalue weighted by atomic mass is 9.84. The highest BCUT2D eigenvalue weighted by Crippen LogP contribution is 2.53. The minimum absolute atomic E-state index is 0.0305. The second kappa shape index (κ2) is 8.17. The van der Waals surface area contributed by atoms with Crippen LogP contribution < -0.4 is 14.2 Å². The molecule has 2 aromatic carbocycles. The van der Waals surface area contributed by atoms with Gasteiger partial charge in [0, 0.05) is 23.5 Å². The van der Waals surface area contributed by atoms with Crippen LogP contribution >= 0.6 is 11.8 Å². The van der Waals surface area contributed by atoms with E-state index < -0.39 is 11.6 Å². The van der Waals surface area contributed by atoms with Crippen LogP contribution in [0, 0.1) is 11.3 Å². The number of rotatable bonds is 5. The Labute approximate surface area is 184 Å². The lowest BCUT2D eigenvalue weighted by molar-refractivity contribution is -0.149. The molecule has 0 bridgehead atoms. The van der Waals surface area contributed by atoms with E-state index in [0.717, 1.165) is 0 Å². The number of amides is 1. The Balaban J connectivity index is 1.83. The molecule has 2 aromatic rings. The molecule has 1 N–H and O–H groups in total. The molecule has 1 amide bonds. The van der Waals surface area contributed by atoms with Gasteiger partial charge in [0.1, 0.15) is 5.75 Å². The summed E-state index contributed by atoms with van der Waals surface area (Å²) < 4.78 is 16.2. The highest BCUT2D eigenvalue weighted by Gasteiger charge is 2.52. The van der Waals surface area contributed by atoms with Crippen LogP contribution in [-0.2, 0) is 10.5 Å². The molecular weight excluding hydrogens is 416 g/mol. The number of ether oxygens (including phenoxy) is 3. The molecule has 1 fully saturated rings. The summed E-state index contributed by atoms with van der Waals surface area (Å²) >= 11 is 1.30. The number of hydrogen-bond donors (Lipinski definition) is 1. The van der Waals surface area contributed by atoms with Crippen molar-refractivity contribution in [3.05, 3.63) is 64.2 Å². The van der Waals surface area contributed by atoms with Crippen molar-refractivity contribution in [2.45, 2.75) is 18.1 Å². The fraction of sp³-hybridized carbons (Fsp3) is 0.304. The number of carbonyl (C=O) groups is 1. The maximum Gasteiger partial charge on any atom is 0.231 e. The monoisotopic (exact) mass is 438 g/mol. The first-order valence-electron chi connectivity index (χ1n) is 9.66. The zero-order valence-corrected chi connectivity index (χ0v) is 18.2. The summed E-state index contributed by atoms with van der Waals surface area (Å²) in [5.74, 6) is 1.07. The van der Waals surface area contributed by atoms with Gasteiger partial charge >= 0.3 is 0 Å². The van der Waals surface area contributed by atoms with Crippen molar-refractivity contribution in [1.82, 2.24) is 4.90 Å². The fourth-order valence-electron chi connectivity index (χ4n) is 4.16. The SMILES string of the molecule is COc1cccc([C@@]2(O)CSC3=C(C#N)[C@@H](c4cccc(OC)c4OC)CC(=O)N32)c1. The molecule has 2 heterocycles. The van der Waals surface area contributed by atoms with Gasteiger partial charge in [-0.25, -0.2) is 0 Å². The van der Waals surface area contributed by atoms with Gasteiger partial charge in [0.15, 0.2) is 17.2 Å². The summed E-state index contributed by atoms with van der Waals surface area (Å²) in [6.45, 7) is 0. The van der Waals surface area contributed by atoms with Crippen molar-refractivity contribution in [3.8, 4) is 23.3 Å². The smallest absolute Gasteiger partial charge is 0.231 e. The lowest BCUT2D eigenvalue weighted by Crippen LogP contribution is -2.48. The second-order valence-electron chi connectivity index (χ2n) is 7.24. The number of fused-ring (bicyclic) bond motifs is 1. The Kier molecular flexibility index (Phi) is 5.56. The number of carbonyl (C=O) groups excluding carboxylic acids is 1. The van der Waals surface area contributed by atoms with Gasteiger partial charge in [-0.05, 0) is 18.2 Å². The molecule has 31 heavy (non-hydrogen) atoms. The molecular formula is C23H22N2O5S. The van der Waals surface area contributed by atoms with Gasteiger partial charge in [-0.1, -0.05) is 24.3 Å². The highest BCUT2D eigenvalue weighted by molar-refractivity contribution is 8.03. The molecule has 8 heteroatoms. The van der Waals surface area contributed by atoms with Gasteiger partial charge in [0.25, 0.3) is 0 Å². The molecule has 160 valence electrons. The lowest BCUT2D eigenvalue weighted by Gasteiger charge is -2.38. The molecule has 0 radical (unpaired) electrons. The first-order valence-corrected chi connectivity index (χ1v) is 10.6. The fourth-order valence-corrected chi connectivity index (χ4v) is 5.52. The standard InChI is InChI=1S/C23H22N2O5S/c1-28-15-7-4-6-14(10-15)23(27)13-31-22-18(12-24)17(11-20(26)25(22)23)16-8-5-9-19(29-2)21(16)30-3/h4-10,17,27H,11,13H2,1-3H3/t17-,23+/m1/s1. The van der Waals surface area contributed by atoms with Crippen LogP contribution in [0.2, 0.25) is 0 Å². The van der Waals surface area contributed by atoms with E-state index in [4.69, 9.17) is 14.2 Å². The summed E-state index contributed by atoms with van der Waals surface area (Å²) in [6.07, 6.45) is 0.0305. The predicted molar refractivity (Wildman–Crippen MR) is 116 cm³/mol. The minimum atomic E-state index is -1.56. The van der Waals surface area contributed by atoms with Crippen LogP contribution in [-0.4, -0.2) is 43.0 Å². The Morgan fingerprint density at radius 2 is 1.94 bits per heavy atom. The third kappa shape index (κ3) is 3.30. The minimum Gasteiger partial charge on any atom is -0.497 e. The average molecular weight is 439 g/mol. The Hall–Kier alpha value is -3.15. The summed E-state index contributed by atoms with van der Waals surface area (Å²) in [5.41, 5.74) is 0.112. The van der Waals surface area contributed by atoms with Crippen LogP contribution in [0.3, 0.4) is 0 Å². The molecule has 0 aromatic heterocycles. The predicted octanol–water partition coefficient (Wildman–Crippen LogP) is 3.36. The summed E-state index contributed by atoms with van der Waals surface area (Å²) in [5, 5.41) is 22.0. The number of benzene rings is 2. The highest BCUT2D eigenvalue weighted by atomic mass is 32.2. The van der Waals surface area contributed by atoms with Gasteiger partial charge in [-0.3, -0.25) is 9.69 Å². The van der Waals surface area contributed by atoms with Crippen LogP contribution in [0.15, 0.2) is 53.1 Å². The number of hydrogen-bond acceptors (Lipinski definition) is 7. The first-order chi connectivity index (χ1) is 15.0. The Morgan fingerprint density at radius 1 is 1.16 bits per heavy atom. The molecule has 0 unspecified atom stereocenters. The molecule has 0 saturated carbocycles. The third-order valence-corrected chi connectivity index (χ3v) is 6.87. The number of methoxy groups -OCH3 is 3. The van der Waals surface area contributed by atoms with Gasteiger partial charge in [-0.2, -0.15) is 5.26 Å². The normalized spacial score (nSPS) is 22.7. The molecule has 0 spiro atoms. The molecule has 1 saturated heterocycles. The van der Waals surface area contributed by atoms with Crippen molar-refractivity contribution in [2.24, 2.45) is 0 Å². The van der Waals surface area contributed by atoms with Gasteiger partial charge in [-0.15, -0.1) is 11.8 Å². The molecule has 7 nitrogen and oxygen atoms in total. The topological polar surface area (TPSA) is 92.0 Å². The van der Waals surface area contributed by atoms with E-state index in [2.05, 4.69) is 6.07 Å². The third-order valence-electron chi connectivity index (χ3n) is 5.65. The van der Waals surface area contributed by atoms with Crippen LogP contribution in [0.5, 0.6) is 17.2 Å². The quantitative estimate of drug-likeness (QED) is 0.765. The Bertz CT molecular complexity index is 1110. The second-order valence-corrected chi connectivity index (χ2v) is 8.20. The number of aliphatic hydroxyl groups is 1. The van der Waals surface area contributed by atoms with Crippen molar-refractivity contribution in [3.63, 3.8) is 0 Å². The molecule has 4 rings (SSSR count). The average Bonchev–Trinajstić information content (AvgIpc) is 3.17. The van der Waals surface area contributed by atoms with Gasteiger partial charge in [0.05, 0.1) is 43.8 Å². The van der Waals surface area contributed by atoms with Crippen molar-refractivity contribution in [2.75, 3.05) is 27.1 Å². The first kappa shape index (κ1) is 21.1. The van der Waals surface area contributed by atoms with E-state index in [0.29, 0.717) is 39.0 Å². The summed E-state index contributed by atoms with van der Waals surface area (Å²) in [6, 6.07) is 14.7. The molecule has 0 aliphatic carbocycles. The number of nitrogens with zero attached hydrogens (tertiary/aromatic N) is 2. The van der Waals surface area contributed by atoms with E-state index in [-0.39, 0.29) is 18.1 Å². The van der Waals surface area contributed by atoms with Gasteiger partial charge in [0.2, 0.25) is 5.91 Å². The van der Waals surface area contributed by atoms with Crippen molar-refractivity contribution in [1.29, 1.82) is 5.26 Å². The van der Waals surface area contributed by atoms with Crippen molar-refractivity contribution >= 4 is 17.7 Å². The molecule has 2 atom stereocenters. The maximum atomic E-state index is 13.3. The van der Waals surface area contributed by atoms with Crippen LogP contribution in [0.1, 0.15) is 23.5 Å². The van der Waals surface area contributed by atoms with Crippen molar-refractivity contribution < 1.29 is 24.1 Å². The summed E-state index contributed by atoms with van der Waals surface area (Å²) in [7, 11) is 4.62. The zero-order chi connectivity index (χ0) is 22.2. The van der Waals surface area contributed by atoms with Crippen LogP contribution in [0.4, 0.5) is 0 Å². The zero-order valence-electron chi connectivity index (χ0n) is 17.4. The largest absolute Gasteiger partial charge is 0.497 e. The number of thioether (sulfide) groups is 1. The van der Waals surface area contributed by atoms with E-state index in [9.17, 15) is 15.2 Å². The van der Waals surface area contributed by atoms with Gasteiger partial charge < -0.3 is 19.3 Å². The number of nitriles is 1. The maximum absolute atomic E-state index is 13.3. The molecule has 2 aliphatic rings. The summed E-state index contributed by atoms with van der Waals surface area (Å²) in [4.78, 5) is 14.7. The van der Waals surface area contributed by atoms with Crippen LogP contribution in [0.25, 0.3) is 0 Å². The van der Waals surface area contributed by atoms with E-state index in [1.54, 1.807) is 44.6 Å². The van der Waals surface area contributed by atoms with E-state index in [1.165, 1.54) is 23.8 Å². The molecule has 2 aliphatic heterocycles. The van der Waals surface area contributed by atoms with E-state index >= 15 is 0 Å². The van der Waals surface area contributed by atoms with E-state index in [1.807, 2.05) is 12.1 Å². The number of para-hydroxylation sites is 1. The number of allylic oxidation sites excluding steroid dienone is 1. The Morgan fingerprint density at radius 3 is 2.61 bits per heavy atom.